The second-order valence-corrected chi connectivity index (χ2v) is 21.3. The fourth-order valence-electron chi connectivity index (χ4n) is 9.40. The maximum Gasteiger partial charge on any atom is 0.408 e. The molecule has 4 saturated carbocycles. The first-order chi connectivity index (χ1) is 28.6. The quantitative estimate of drug-likeness (QED) is 0.335. The Morgan fingerprint density at radius 3 is 2.43 bits per heavy atom. The maximum absolute atomic E-state index is 16.4. The van der Waals surface area contributed by atoms with E-state index in [9.17, 15) is 41.6 Å². The number of hydrogen-bond donors (Lipinski definition) is 3. The van der Waals surface area contributed by atoms with Gasteiger partial charge in [0.15, 0.2) is 5.69 Å². The summed E-state index contributed by atoms with van der Waals surface area (Å²) in [5, 5.41) is 14.6. The molecule has 2 aliphatic heterocycles. The zero-order chi connectivity index (χ0) is 44.0. The summed E-state index contributed by atoms with van der Waals surface area (Å²) in [5.74, 6) is -8.68. The fourth-order valence-corrected chi connectivity index (χ4v) is 10.7. The number of amides is 4. The average Bonchev–Trinajstić information content (AvgIpc) is 4.14. The SMILES string of the molecule is CC(C)(C)[C@@H]1NC(=O)O[C@@H]2CC3C[C@@H]3[C@H]2CCCCC(F)(F)c2nc3ccc(C#N)cc3nc2O[C@@H]2C[C@@H](C(=O)N[C@]3(C(=O)NS(=O)(=O)C4(C)CC4)C[C@H]3C(F)F)N(C2)C1=O. The smallest absolute Gasteiger partial charge is 0.408 e. The lowest BCUT2D eigenvalue weighted by Crippen LogP contribution is -2.60. The van der Waals surface area contributed by atoms with E-state index in [0.717, 1.165) is 11.3 Å². The molecule has 3 N–H and O–H groups in total. The van der Waals surface area contributed by atoms with E-state index in [1.807, 2.05) is 10.8 Å². The van der Waals surface area contributed by atoms with Crippen molar-refractivity contribution in [1.82, 2.24) is 30.2 Å². The number of rotatable bonds is 6. The van der Waals surface area contributed by atoms with Crippen molar-refractivity contribution in [3.63, 3.8) is 0 Å². The Kier molecular flexibility index (Phi) is 10.5. The van der Waals surface area contributed by atoms with E-state index < -0.39 is 129 Å². The van der Waals surface area contributed by atoms with Crippen LogP contribution in [-0.2, 0) is 35.1 Å². The van der Waals surface area contributed by atoms with Gasteiger partial charge in [0.25, 0.3) is 11.8 Å². The highest BCUT2D eigenvalue weighted by Crippen LogP contribution is 2.58. The minimum atomic E-state index is -4.31. The molecule has 2 bridgehead atoms. The second-order valence-electron chi connectivity index (χ2n) is 19.1. The zero-order valence-corrected chi connectivity index (χ0v) is 35.0. The number of nitrogens with zero attached hydrogens (tertiary/aromatic N) is 4. The Morgan fingerprint density at radius 2 is 1.77 bits per heavy atom. The van der Waals surface area contributed by atoms with Crippen molar-refractivity contribution in [2.75, 3.05) is 6.54 Å². The molecular weight excluding hydrogens is 827 g/mol. The Bertz CT molecular complexity index is 2320. The summed E-state index contributed by atoms with van der Waals surface area (Å²) >= 11 is 0. The number of aromatic nitrogens is 2. The van der Waals surface area contributed by atoms with Crippen LogP contribution in [0.25, 0.3) is 11.0 Å². The highest BCUT2D eigenvalue weighted by atomic mass is 32.2. The first-order valence-corrected chi connectivity index (χ1v) is 22.3. The number of ether oxygens (including phenoxy) is 2. The number of alkyl halides is 4. The molecule has 20 heteroatoms. The summed E-state index contributed by atoms with van der Waals surface area (Å²) in [7, 11) is -4.31. The molecule has 3 heterocycles. The van der Waals surface area contributed by atoms with Crippen LogP contribution in [0.3, 0.4) is 0 Å². The lowest BCUT2D eigenvalue weighted by Gasteiger charge is -2.36. The van der Waals surface area contributed by atoms with Crippen molar-refractivity contribution in [2.24, 2.45) is 29.1 Å². The van der Waals surface area contributed by atoms with Gasteiger partial charge in [-0.15, -0.1) is 0 Å². The molecular formula is C41H49F4N7O8S. The highest BCUT2D eigenvalue weighted by Gasteiger charge is 2.67. The third-order valence-electron chi connectivity index (χ3n) is 13.6. The molecule has 2 aromatic rings. The van der Waals surface area contributed by atoms with Gasteiger partial charge < -0.3 is 25.0 Å². The molecule has 4 aliphatic carbocycles. The number of nitriles is 1. The van der Waals surface area contributed by atoms with Crippen LogP contribution in [0.15, 0.2) is 18.2 Å². The molecule has 5 fully saturated rings. The van der Waals surface area contributed by atoms with Gasteiger partial charge in [-0.05, 0) is 93.2 Å². The maximum atomic E-state index is 16.4. The van der Waals surface area contributed by atoms with Crippen LogP contribution in [-0.4, -0.2) is 94.6 Å². The Morgan fingerprint density at radius 1 is 1.03 bits per heavy atom. The number of carbonyl (C=O) groups excluding carboxylic acids is 4. The number of fused-ring (bicyclic) bond motifs is 7. The van der Waals surface area contributed by atoms with E-state index in [4.69, 9.17) is 9.47 Å². The van der Waals surface area contributed by atoms with Gasteiger partial charge in [0.2, 0.25) is 34.1 Å². The van der Waals surface area contributed by atoms with E-state index in [1.54, 1.807) is 20.8 Å². The molecule has 4 amide bonds. The van der Waals surface area contributed by atoms with Crippen LogP contribution < -0.4 is 20.1 Å². The Balaban J connectivity index is 1.16. The van der Waals surface area contributed by atoms with Crippen molar-refractivity contribution >= 4 is 44.9 Å². The Labute approximate surface area is 350 Å². The van der Waals surface area contributed by atoms with Crippen molar-refractivity contribution in [3.8, 4) is 11.9 Å². The van der Waals surface area contributed by atoms with Gasteiger partial charge in [0.05, 0.1) is 39.9 Å². The van der Waals surface area contributed by atoms with E-state index >= 15 is 8.78 Å². The van der Waals surface area contributed by atoms with E-state index in [-0.39, 0.29) is 47.7 Å². The molecule has 1 aromatic carbocycles. The normalized spacial score (nSPS) is 33.0. The highest BCUT2D eigenvalue weighted by molar-refractivity contribution is 7.91. The third kappa shape index (κ3) is 8.06. The molecule has 8 rings (SSSR count). The molecule has 1 aromatic heterocycles. The van der Waals surface area contributed by atoms with E-state index in [0.29, 0.717) is 25.2 Å². The van der Waals surface area contributed by atoms with Crippen LogP contribution in [0, 0.1) is 40.4 Å². The summed E-state index contributed by atoms with van der Waals surface area (Å²) < 4.78 is 100. The van der Waals surface area contributed by atoms with Gasteiger partial charge in [0.1, 0.15) is 29.8 Å². The van der Waals surface area contributed by atoms with Crippen LogP contribution in [0.4, 0.5) is 22.4 Å². The number of nitrogens with one attached hydrogen (secondary N) is 3. The monoisotopic (exact) mass is 875 g/mol. The second kappa shape index (κ2) is 14.9. The number of hydrogen-bond acceptors (Lipinski definition) is 11. The van der Waals surface area contributed by atoms with Gasteiger partial charge in [0, 0.05) is 12.8 Å². The van der Waals surface area contributed by atoms with Gasteiger partial charge >= 0.3 is 6.09 Å². The van der Waals surface area contributed by atoms with E-state index in [2.05, 4.69) is 20.6 Å². The Hall–Kier alpha value is -4.80. The standard InChI is InChI=1S/C41H49F4N7O8S/c1-38(2,3)31-35(54)52-19-22(16-28(52)33(53)50-40(17-25(40)32(42)43)36(55)51-61(57,58)39(4)11-12-39)59-34-30(47-26-9-8-20(18-46)13-27(26)48-34)41(44,45)10-6-5-7-23-24-14-21(24)15-29(23)60-37(56)49-31/h8-9,13,21-25,28-29,31-32H,5-7,10-12,14-17,19H2,1-4H3,(H,49,56)(H,50,53)(H,51,55)/t21?,22-,23-,24+,25+,28+,29-,31-,40-/m1/s1. The number of sulfonamides is 1. The molecule has 9 atom stereocenters. The minimum absolute atomic E-state index is 0.0625. The topological polar surface area (TPSA) is 210 Å². The predicted octanol–water partition coefficient (Wildman–Crippen LogP) is 4.82. The number of benzene rings is 1. The first-order valence-electron chi connectivity index (χ1n) is 20.8. The van der Waals surface area contributed by atoms with Crippen molar-refractivity contribution in [3.05, 3.63) is 29.5 Å². The summed E-state index contributed by atoms with van der Waals surface area (Å²) in [6.07, 6.45) is -4.41. The van der Waals surface area contributed by atoms with Crippen LogP contribution in [0.5, 0.6) is 5.88 Å². The number of carbonyl (C=O) groups is 4. The lowest BCUT2D eigenvalue weighted by atomic mass is 9.85. The molecule has 6 aliphatic rings. The number of halogens is 4. The molecule has 15 nitrogen and oxygen atoms in total. The van der Waals surface area contributed by atoms with Crippen LogP contribution in [0.2, 0.25) is 0 Å². The average molecular weight is 876 g/mol. The number of alkyl carbamates (subject to hydrolysis) is 1. The molecule has 1 saturated heterocycles. The summed E-state index contributed by atoms with van der Waals surface area (Å²) in [4.78, 5) is 66.0. The molecule has 1 unspecified atom stereocenters. The van der Waals surface area contributed by atoms with Gasteiger partial charge in [-0.1, -0.05) is 27.2 Å². The van der Waals surface area contributed by atoms with Gasteiger partial charge in [-0.25, -0.2) is 32.0 Å². The largest absolute Gasteiger partial charge is 0.471 e. The molecule has 0 spiro atoms. The van der Waals surface area contributed by atoms with Gasteiger partial charge in [-0.2, -0.15) is 14.0 Å². The van der Waals surface area contributed by atoms with Crippen molar-refractivity contribution in [2.45, 2.75) is 139 Å². The molecule has 0 radical (unpaired) electrons. The molecule has 330 valence electrons. The summed E-state index contributed by atoms with van der Waals surface area (Å²) in [6, 6.07) is 3.17. The van der Waals surface area contributed by atoms with Crippen LogP contribution in [0.1, 0.15) is 103 Å². The predicted molar refractivity (Wildman–Crippen MR) is 207 cm³/mol. The minimum Gasteiger partial charge on any atom is -0.471 e. The van der Waals surface area contributed by atoms with Crippen molar-refractivity contribution < 1.29 is 54.6 Å². The summed E-state index contributed by atoms with van der Waals surface area (Å²) in [6.45, 7) is 5.94. The lowest BCUT2D eigenvalue weighted by molar-refractivity contribution is -0.143. The molecule has 61 heavy (non-hydrogen) atoms. The zero-order valence-electron chi connectivity index (χ0n) is 34.2. The first kappa shape index (κ1) is 42.9. The summed E-state index contributed by atoms with van der Waals surface area (Å²) in [5.41, 5.74) is -3.86. The van der Waals surface area contributed by atoms with Gasteiger partial charge in [-0.3, -0.25) is 19.1 Å². The third-order valence-corrected chi connectivity index (χ3v) is 15.7. The van der Waals surface area contributed by atoms with E-state index in [1.165, 1.54) is 25.1 Å². The fraction of sp³-hybridized carbons (Fsp3) is 0.683. The van der Waals surface area contributed by atoms with Crippen molar-refractivity contribution in [1.29, 1.82) is 5.26 Å². The van der Waals surface area contributed by atoms with Crippen LogP contribution >= 0.6 is 0 Å².